The van der Waals surface area contributed by atoms with Crippen molar-refractivity contribution in [1.82, 2.24) is 0 Å². The molecule has 0 spiro atoms. The fourth-order valence-electron chi connectivity index (χ4n) is 2.13. The fraction of sp³-hybridized carbons (Fsp3) is 0.294. The molecule has 0 bridgehead atoms. The van der Waals surface area contributed by atoms with E-state index in [9.17, 15) is 0 Å². The Morgan fingerprint density at radius 2 is 1.90 bits per heavy atom. The fourth-order valence-corrected chi connectivity index (χ4v) is 4.02. The second-order valence-corrected chi connectivity index (χ2v) is 7.47. The number of thioether (sulfide) groups is 1. The summed E-state index contributed by atoms with van der Waals surface area (Å²) in [5, 5.41) is 1.07. The summed E-state index contributed by atoms with van der Waals surface area (Å²) in [6, 6.07) is 16.6. The molecule has 4 heteroatoms. The minimum atomic E-state index is 0.150. The van der Waals surface area contributed by atoms with E-state index in [1.807, 2.05) is 30.0 Å². The Morgan fingerprint density at radius 3 is 2.52 bits per heavy atom. The summed E-state index contributed by atoms with van der Waals surface area (Å²) in [5.41, 5.74) is 8.88. The van der Waals surface area contributed by atoms with Crippen LogP contribution in [0.15, 0.2) is 53.0 Å². The number of hydrogen-bond acceptors (Lipinski definition) is 2. The maximum absolute atomic E-state index is 6.33. The van der Waals surface area contributed by atoms with Crippen molar-refractivity contribution in [3.05, 3.63) is 69.2 Å². The molecule has 0 amide bonds. The third-order valence-corrected chi connectivity index (χ3v) is 5.61. The van der Waals surface area contributed by atoms with E-state index in [4.69, 9.17) is 17.3 Å². The Labute approximate surface area is 144 Å². The van der Waals surface area contributed by atoms with Crippen LogP contribution in [0.25, 0.3) is 0 Å². The molecule has 112 valence electrons. The highest BCUT2D eigenvalue weighted by Gasteiger charge is 2.19. The molecule has 0 aromatic heterocycles. The molecule has 0 aliphatic rings. The van der Waals surface area contributed by atoms with Crippen molar-refractivity contribution in [2.45, 2.75) is 30.4 Å². The van der Waals surface area contributed by atoms with Gasteiger partial charge >= 0.3 is 0 Å². The summed E-state index contributed by atoms with van der Waals surface area (Å²) < 4.78 is 1.10. The number of hydrogen-bond donors (Lipinski definition) is 1. The normalized spacial score (nSPS) is 13.9. The molecular formula is C17H19BrClNS. The highest BCUT2D eigenvalue weighted by molar-refractivity contribution is 9.10. The second-order valence-electron chi connectivity index (χ2n) is 4.99. The summed E-state index contributed by atoms with van der Waals surface area (Å²) >= 11 is 11.4. The van der Waals surface area contributed by atoms with Crippen LogP contribution in [-0.4, -0.2) is 6.04 Å². The SMILES string of the molecule is CCC(N)C(SCc1ccc(Cl)cc1)c1cccc(Br)c1. The van der Waals surface area contributed by atoms with Gasteiger partial charge in [-0.3, -0.25) is 0 Å². The predicted molar refractivity (Wildman–Crippen MR) is 97.9 cm³/mol. The van der Waals surface area contributed by atoms with Gasteiger partial charge in [0.05, 0.1) is 0 Å². The van der Waals surface area contributed by atoms with Crippen LogP contribution < -0.4 is 5.73 Å². The Hall–Kier alpha value is -0.480. The van der Waals surface area contributed by atoms with E-state index in [-0.39, 0.29) is 6.04 Å². The van der Waals surface area contributed by atoms with Gasteiger partial charge in [0.2, 0.25) is 0 Å². The molecule has 2 unspecified atom stereocenters. The molecule has 0 saturated heterocycles. The molecule has 1 nitrogen and oxygen atoms in total. The molecule has 2 N–H and O–H groups in total. The number of benzene rings is 2. The van der Waals surface area contributed by atoms with Crippen LogP contribution in [0.2, 0.25) is 5.02 Å². The van der Waals surface area contributed by atoms with Gasteiger partial charge in [0.25, 0.3) is 0 Å². The Kier molecular flexibility index (Phi) is 6.62. The Morgan fingerprint density at radius 1 is 1.19 bits per heavy atom. The van der Waals surface area contributed by atoms with Crippen molar-refractivity contribution < 1.29 is 0 Å². The molecule has 0 saturated carbocycles. The third kappa shape index (κ3) is 5.03. The Balaban J connectivity index is 2.11. The van der Waals surface area contributed by atoms with Gasteiger partial charge in [0.1, 0.15) is 0 Å². The number of halogens is 2. The first-order valence-electron chi connectivity index (χ1n) is 6.97. The Bertz CT molecular complexity index is 573. The average Bonchev–Trinajstić information content (AvgIpc) is 2.49. The summed E-state index contributed by atoms with van der Waals surface area (Å²) in [6.07, 6.45) is 0.963. The standard InChI is InChI=1S/C17H19BrClNS/c1-2-16(20)17(13-4-3-5-14(18)10-13)21-11-12-6-8-15(19)9-7-12/h3-10,16-17H,2,11,20H2,1H3. The van der Waals surface area contributed by atoms with Crippen LogP contribution in [0.3, 0.4) is 0 Å². The smallest absolute Gasteiger partial charge is 0.0451 e. The van der Waals surface area contributed by atoms with Gasteiger partial charge in [-0.1, -0.05) is 58.7 Å². The summed E-state index contributed by atoms with van der Waals surface area (Å²) in [4.78, 5) is 0. The zero-order chi connectivity index (χ0) is 15.2. The van der Waals surface area contributed by atoms with E-state index in [2.05, 4.69) is 53.2 Å². The van der Waals surface area contributed by atoms with Crippen molar-refractivity contribution >= 4 is 39.3 Å². The maximum atomic E-state index is 6.33. The highest BCUT2D eigenvalue weighted by atomic mass is 79.9. The first kappa shape index (κ1) is 16.9. The van der Waals surface area contributed by atoms with Gasteiger partial charge in [0, 0.05) is 26.5 Å². The van der Waals surface area contributed by atoms with Crippen molar-refractivity contribution in [3.8, 4) is 0 Å². The minimum Gasteiger partial charge on any atom is -0.326 e. The lowest BCUT2D eigenvalue weighted by molar-refractivity contribution is 0.634. The number of nitrogens with two attached hydrogens (primary N) is 1. The van der Waals surface area contributed by atoms with E-state index < -0.39 is 0 Å². The molecule has 0 fully saturated rings. The van der Waals surface area contributed by atoms with E-state index in [0.717, 1.165) is 21.7 Å². The molecule has 0 aliphatic heterocycles. The van der Waals surface area contributed by atoms with Crippen LogP contribution in [0.4, 0.5) is 0 Å². The van der Waals surface area contributed by atoms with Crippen molar-refractivity contribution in [3.63, 3.8) is 0 Å². The van der Waals surface area contributed by atoms with Gasteiger partial charge in [-0.15, -0.1) is 11.8 Å². The molecule has 0 heterocycles. The van der Waals surface area contributed by atoms with Crippen molar-refractivity contribution in [2.75, 3.05) is 0 Å². The van der Waals surface area contributed by atoms with Gasteiger partial charge in [0.15, 0.2) is 0 Å². The van der Waals surface area contributed by atoms with Crippen LogP contribution in [-0.2, 0) is 5.75 Å². The van der Waals surface area contributed by atoms with Gasteiger partial charge in [-0.25, -0.2) is 0 Å². The lowest BCUT2D eigenvalue weighted by Crippen LogP contribution is -2.25. The zero-order valence-electron chi connectivity index (χ0n) is 11.9. The topological polar surface area (TPSA) is 26.0 Å². The van der Waals surface area contributed by atoms with Crippen LogP contribution in [0.5, 0.6) is 0 Å². The first-order valence-corrected chi connectivity index (χ1v) is 9.19. The van der Waals surface area contributed by atoms with Gasteiger partial charge in [-0.05, 0) is 41.8 Å². The first-order chi connectivity index (χ1) is 10.1. The molecule has 2 aromatic rings. The molecule has 0 radical (unpaired) electrons. The molecule has 2 rings (SSSR count). The largest absolute Gasteiger partial charge is 0.326 e. The summed E-state index contributed by atoms with van der Waals surface area (Å²) in [7, 11) is 0. The maximum Gasteiger partial charge on any atom is 0.0451 e. The van der Waals surface area contributed by atoms with Crippen LogP contribution in [0.1, 0.15) is 29.7 Å². The molecule has 2 aromatic carbocycles. The third-order valence-electron chi connectivity index (χ3n) is 3.38. The monoisotopic (exact) mass is 383 g/mol. The van der Waals surface area contributed by atoms with Gasteiger partial charge in [-0.2, -0.15) is 0 Å². The minimum absolute atomic E-state index is 0.150. The summed E-state index contributed by atoms with van der Waals surface area (Å²) in [5.74, 6) is 0.933. The average molecular weight is 385 g/mol. The quantitative estimate of drug-likeness (QED) is 0.679. The zero-order valence-corrected chi connectivity index (χ0v) is 15.1. The van der Waals surface area contributed by atoms with E-state index >= 15 is 0 Å². The molecule has 2 atom stereocenters. The summed E-state index contributed by atoms with van der Waals surface area (Å²) in [6.45, 7) is 2.14. The van der Waals surface area contributed by atoms with E-state index in [0.29, 0.717) is 5.25 Å². The number of rotatable bonds is 6. The van der Waals surface area contributed by atoms with E-state index in [1.54, 1.807) is 0 Å². The van der Waals surface area contributed by atoms with Crippen LogP contribution in [0, 0.1) is 0 Å². The van der Waals surface area contributed by atoms with E-state index in [1.165, 1.54) is 11.1 Å². The lowest BCUT2D eigenvalue weighted by atomic mass is 10.0. The van der Waals surface area contributed by atoms with Crippen LogP contribution >= 0.6 is 39.3 Å². The lowest BCUT2D eigenvalue weighted by Gasteiger charge is -2.23. The van der Waals surface area contributed by atoms with Crippen molar-refractivity contribution in [2.24, 2.45) is 5.73 Å². The second kappa shape index (κ2) is 8.23. The van der Waals surface area contributed by atoms with Crippen molar-refractivity contribution in [1.29, 1.82) is 0 Å². The molecule has 0 aliphatic carbocycles. The molecule has 21 heavy (non-hydrogen) atoms. The predicted octanol–water partition coefficient (Wildman–Crippen LogP) is 5.81. The molecular weight excluding hydrogens is 366 g/mol. The highest BCUT2D eigenvalue weighted by Crippen LogP contribution is 2.36. The van der Waals surface area contributed by atoms with Gasteiger partial charge < -0.3 is 5.73 Å².